The Labute approximate surface area is 86.2 Å². The molecule has 1 aliphatic carbocycles. The van der Waals surface area contributed by atoms with Crippen LogP contribution >= 0.6 is 0 Å². The van der Waals surface area contributed by atoms with Crippen LogP contribution in [-0.4, -0.2) is 25.2 Å². The molecule has 1 N–H and O–H groups in total. The maximum Gasteiger partial charge on any atom is 0.325 e. The largest absolute Gasteiger partial charge is 0.464 e. The van der Waals surface area contributed by atoms with E-state index in [4.69, 9.17) is 4.74 Å². The maximum atomic E-state index is 11.5. The van der Waals surface area contributed by atoms with Gasteiger partial charge < -0.3 is 10.1 Å². The van der Waals surface area contributed by atoms with E-state index in [1.165, 1.54) is 19.3 Å². The summed E-state index contributed by atoms with van der Waals surface area (Å²) in [6.45, 7) is 4.24. The van der Waals surface area contributed by atoms with Gasteiger partial charge in [0.25, 0.3) is 0 Å². The van der Waals surface area contributed by atoms with Gasteiger partial charge in [0.05, 0.1) is 6.61 Å². The van der Waals surface area contributed by atoms with Crippen molar-refractivity contribution in [2.45, 2.75) is 45.1 Å². The molecule has 0 radical (unpaired) electrons. The van der Waals surface area contributed by atoms with Crippen LogP contribution in [0.2, 0.25) is 0 Å². The Balaban J connectivity index is 2.13. The van der Waals surface area contributed by atoms with Gasteiger partial charge in [-0.15, -0.1) is 0 Å². The maximum absolute atomic E-state index is 11.5. The molecule has 0 unspecified atom stereocenters. The summed E-state index contributed by atoms with van der Waals surface area (Å²) in [5.74, 6) is 0.653. The second kappa shape index (κ2) is 4.78. The van der Waals surface area contributed by atoms with Crippen LogP contribution in [0.1, 0.15) is 39.5 Å². The van der Waals surface area contributed by atoms with Crippen LogP contribution in [0.3, 0.4) is 0 Å². The minimum Gasteiger partial charge on any atom is -0.464 e. The lowest BCUT2D eigenvalue weighted by molar-refractivity contribution is -0.150. The molecule has 3 heteroatoms. The topological polar surface area (TPSA) is 38.3 Å². The van der Waals surface area contributed by atoms with E-state index in [2.05, 4.69) is 5.32 Å². The zero-order chi connectivity index (χ0) is 10.6. The summed E-state index contributed by atoms with van der Waals surface area (Å²) in [6, 6.07) is 0. The lowest BCUT2D eigenvalue weighted by Gasteiger charge is -2.26. The highest BCUT2D eigenvalue weighted by atomic mass is 16.5. The minimum absolute atomic E-state index is 0.153. The van der Waals surface area contributed by atoms with Gasteiger partial charge in [-0.1, -0.05) is 19.3 Å². The smallest absolute Gasteiger partial charge is 0.325 e. The van der Waals surface area contributed by atoms with Crippen molar-refractivity contribution in [2.24, 2.45) is 5.92 Å². The van der Waals surface area contributed by atoms with Crippen molar-refractivity contribution in [1.82, 2.24) is 5.32 Å². The van der Waals surface area contributed by atoms with E-state index in [1.54, 1.807) is 7.05 Å². The number of esters is 1. The molecule has 0 aliphatic heterocycles. The zero-order valence-electron chi connectivity index (χ0n) is 9.43. The first-order chi connectivity index (χ1) is 6.56. The lowest BCUT2D eigenvalue weighted by Crippen LogP contribution is -2.45. The Morgan fingerprint density at radius 2 is 2.14 bits per heavy atom. The van der Waals surface area contributed by atoms with E-state index in [-0.39, 0.29) is 5.97 Å². The molecule has 0 aromatic carbocycles. The standard InChI is InChI=1S/C11H21NO2/c1-11(2,12-3)10(13)14-8-7-9-5-4-6-9/h9,12H,4-8H2,1-3H3. The van der Waals surface area contributed by atoms with Gasteiger partial charge in [0, 0.05) is 0 Å². The van der Waals surface area contributed by atoms with Crippen LogP contribution in [0.5, 0.6) is 0 Å². The number of likely N-dealkylation sites (N-methyl/N-ethyl adjacent to an activating group) is 1. The molecule has 0 aromatic rings. The molecule has 1 rings (SSSR count). The van der Waals surface area contributed by atoms with Gasteiger partial charge >= 0.3 is 5.97 Å². The van der Waals surface area contributed by atoms with Gasteiger partial charge in [0.15, 0.2) is 0 Å². The second-order valence-electron chi connectivity index (χ2n) is 4.60. The monoisotopic (exact) mass is 199 g/mol. The molecule has 0 bridgehead atoms. The van der Waals surface area contributed by atoms with Crippen LogP contribution in [-0.2, 0) is 9.53 Å². The molecular weight excluding hydrogens is 178 g/mol. The van der Waals surface area contributed by atoms with E-state index in [1.807, 2.05) is 13.8 Å². The fourth-order valence-corrected chi connectivity index (χ4v) is 1.38. The number of nitrogens with one attached hydrogen (secondary N) is 1. The molecule has 3 nitrogen and oxygen atoms in total. The Morgan fingerprint density at radius 3 is 2.57 bits per heavy atom. The van der Waals surface area contributed by atoms with E-state index in [0.717, 1.165) is 12.3 Å². The molecule has 82 valence electrons. The van der Waals surface area contributed by atoms with Crippen LogP contribution in [0.15, 0.2) is 0 Å². The van der Waals surface area contributed by atoms with Crippen molar-refractivity contribution < 1.29 is 9.53 Å². The summed E-state index contributed by atoms with van der Waals surface area (Å²) in [5, 5.41) is 2.93. The van der Waals surface area contributed by atoms with Crippen molar-refractivity contribution in [3.63, 3.8) is 0 Å². The highest BCUT2D eigenvalue weighted by molar-refractivity contribution is 5.79. The summed E-state index contributed by atoms with van der Waals surface area (Å²) in [6.07, 6.45) is 5.01. The molecule has 1 aliphatic rings. The van der Waals surface area contributed by atoms with Crippen LogP contribution in [0.4, 0.5) is 0 Å². The normalized spacial score (nSPS) is 17.6. The molecule has 1 saturated carbocycles. The number of ether oxygens (including phenoxy) is 1. The third-order valence-corrected chi connectivity index (χ3v) is 3.12. The zero-order valence-corrected chi connectivity index (χ0v) is 9.43. The van der Waals surface area contributed by atoms with E-state index in [0.29, 0.717) is 6.61 Å². The number of carbonyl (C=O) groups excluding carboxylic acids is 1. The predicted octanol–water partition coefficient (Wildman–Crippen LogP) is 1.72. The Bertz CT molecular complexity index is 197. The molecule has 0 amide bonds. The Morgan fingerprint density at radius 1 is 1.50 bits per heavy atom. The van der Waals surface area contributed by atoms with Crippen LogP contribution < -0.4 is 5.32 Å². The number of hydrogen-bond acceptors (Lipinski definition) is 3. The van der Waals surface area contributed by atoms with E-state index in [9.17, 15) is 4.79 Å². The second-order valence-corrected chi connectivity index (χ2v) is 4.60. The molecular formula is C11H21NO2. The van der Waals surface area contributed by atoms with Gasteiger partial charge in [-0.25, -0.2) is 0 Å². The molecule has 0 saturated heterocycles. The SMILES string of the molecule is CNC(C)(C)C(=O)OCCC1CCC1. The molecule has 0 heterocycles. The molecule has 0 aromatic heterocycles. The summed E-state index contributed by atoms with van der Waals surface area (Å²) < 4.78 is 5.20. The quantitative estimate of drug-likeness (QED) is 0.685. The Kier molecular flexibility index (Phi) is 3.93. The minimum atomic E-state index is -0.556. The fraction of sp³-hybridized carbons (Fsp3) is 0.909. The summed E-state index contributed by atoms with van der Waals surface area (Å²) in [5.41, 5.74) is -0.556. The number of hydrogen-bond donors (Lipinski definition) is 1. The van der Waals surface area contributed by atoms with Gasteiger partial charge in [-0.3, -0.25) is 4.79 Å². The molecule has 0 spiro atoms. The first-order valence-electron chi connectivity index (χ1n) is 5.42. The molecule has 14 heavy (non-hydrogen) atoms. The molecule has 1 fully saturated rings. The first-order valence-corrected chi connectivity index (χ1v) is 5.42. The van der Waals surface area contributed by atoms with E-state index >= 15 is 0 Å². The van der Waals surface area contributed by atoms with Crippen molar-refractivity contribution >= 4 is 5.97 Å². The van der Waals surface area contributed by atoms with Crippen molar-refractivity contribution in [3.05, 3.63) is 0 Å². The van der Waals surface area contributed by atoms with Gasteiger partial charge in [0.2, 0.25) is 0 Å². The van der Waals surface area contributed by atoms with E-state index < -0.39 is 5.54 Å². The van der Waals surface area contributed by atoms with Gasteiger partial charge in [-0.2, -0.15) is 0 Å². The van der Waals surface area contributed by atoms with Crippen molar-refractivity contribution in [3.8, 4) is 0 Å². The highest BCUT2D eigenvalue weighted by Gasteiger charge is 2.27. The lowest BCUT2D eigenvalue weighted by atomic mass is 9.83. The van der Waals surface area contributed by atoms with Crippen LogP contribution in [0.25, 0.3) is 0 Å². The number of carbonyl (C=O) groups is 1. The third kappa shape index (κ3) is 2.98. The fourth-order valence-electron chi connectivity index (χ4n) is 1.38. The Hall–Kier alpha value is -0.570. The highest BCUT2D eigenvalue weighted by Crippen LogP contribution is 2.29. The van der Waals surface area contributed by atoms with Crippen molar-refractivity contribution in [1.29, 1.82) is 0 Å². The van der Waals surface area contributed by atoms with Gasteiger partial charge in [-0.05, 0) is 33.2 Å². The van der Waals surface area contributed by atoms with Gasteiger partial charge in [0.1, 0.15) is 5.54 Å². The summed E-state index contributed by atoms with van der Waals surface area (Å²) in [4.78, 5) is 11.5. The van der Waals surface area contributed by atoms with Crippen LogP contribution in [0, 0.1) is 5.92 Å². The summed E-state index contributed by atoms with van der Waals surface area (Å²) >= 11 is 0. The number of rotatable bonds is 5. The molecule has 0 atom stereocenters. The van der Waals surface area contributed by atoms with Crippen molar-refractivity contribution in [2.75, 3.05) is 13.7 Å². The predicted molar refractivity (Wildman–Crippen MR) is 56.1 cm³/mol. The first kappa shape index (κ1) is 11.5. The average Bonchev–Trinajstić information content (AvgIpc) is 2.08. The average molecular weight is 199 g/mol. The third-order valence-electron chi connectivity index (χ3n) is 3.12. The summed E-state index contributed by atoms with van der Waals surface area (Å²) in [7, 11) is 1.77.